The second kappa shape index (κ2) is 13.7. The van der Waals surface area contributed by atoms with Crippen LogP contribution in [-0.2, 0) is 12.0 Å². The zero-order chi connectivity index (χ0) is 30.2. The molecule has 0 atom stereocenters. The van der Waals surface area contributed by atoms with E-state index in [1.54, 1.807) is 0 Å². The SMILES string of the molecule is C/C=C(\C1=C(C)C=CCC1)c1ccc(C(C)(C)c2ccc(CN=C(/C=C(\C)c3ccccc3)c3ccccc3)cc2)cc1. The van der Waals surface area contributed by atoms with Gasteiger partial charge in [0.05, 0.1) is 12.3 Å². The van der Waals surface area contributed by atoms with Crippen LogP contribution in [0.4, 0.5) is 0 Å². The minimum atomic E-state index is -0.107. The predicted molar refractivity (Wildman–Crippen MR) is 187 cm³/mol. The molecule has 1 nitrogen and oxygen atoms in total. The van der Waals surface area contributed by atoms with Crippen LogP contribution in [-0.4, -0.2) is 5.71 Å². The lowest BCUT2D eigenvalue weighted by atomic mass is 9.77. The maximum absolute atomic E-state index is 5.08. The highest BCUT2D eigenvalue weighted by Gasteiger charge is 2.23. The molecule has 0 aliphatic heterocycles. The molecule has 5 rings (SSSR count). The van der Waals surface area contributed by atoms with E-state index in [2.05, 4.69) is 168 Å². The summed E-state index contributed by atoms with van der Waals surface area (Å²) in [5.41, 5.74) is 13.8. The average Bonchev–Trinajstić information content (AvgIpc) is 3.05. The number of aliphatic imine (C=N–C) groups is 1. The molecule has 1 aliphatic rings. The van der Waals surface area contributed by atoms with Crippen molar-refractivity contribution in [3.8, 4) is 0 Å². The van der Waals surface area contributed by atoms with Crippen LogP contribution in [0, 0.1) is 0 Å². The van der Waals surface area contributed by atoms with Crippen molar-refractivity contribution in [1.29, 1.82) is 0 Å². The van der Waals surface area contributed by atoms with Gasteiger partial charge in [-0.1, -0.05) is 141 Å². The third kappa shape index (κ3) is 7.12. The molecular weight excluding hydrogens is 518 g/mol. The first-order valence-electron chi connectivity index (χ1n) is 15.4. The Morgan fingerprint density at radius 3 is 1.91 bits per heavy atom. The standard InChI is InChI=1S/C42H43N/c1-6-39(40-20-14-13-15-31(40)2)35-23-27-38(28-24-35)42(4,5)37-25-21-33(22-26-37)30-43-41(36-18-11-8-12-19-36)29-32(3)34-16-9-7-10-17-34/h6-13,15-19,21-29H,14,20,30H2,1-5H3/b32-29+,39-6-,43-41?. The van der Waals surface area contributed by atoms with Crippen LogP contribution < -0.4 is 0 Å². The Morgan fingerprint density at radius 2 is 1.33 bits per heavy atom. The van der Waals surface area contributed by atoms with E-state index in [1.807, 2.05) is 0 Å². The van der Waals surface area contributed by atoms with Crippen molar-refractivity contribution in [2.75, 3.05) is 0 Å². The smallest absolute Gasteiger partial charge is 0.0653 e. The van der Waals surface area contributed by atoms with Crippen molar-refractivity contribution in [3.05, 3.63) is 178 Å². The third-order valence-electron chi connectivity index (χ3n) is 8.70. The summed E-state index contributed by atoms with van der Waals surface area (Å²) in [4.78, 5) is 5.08. The van der Waals surface area contributed by atoms with E-state index < -0.39 is 0 Å². The monoisotopic (exact) mass is 561 g/mol. The van der Waals surface area contributed by atoms with Gasteiger partial charge in [0.25, 0.3) is 0 Å². The lowest BCUT2D eigenvalue weighted by Gasteiger charge is -2.27. The summed E-state index contributed by atoms with van der Waals surface area (Å²) in [6, 6.07) is 39.2. The fourth-order valence-electron chi connectivity index (χ4n) is 5.90. The topological polar surface area (TPSA) is 12.4 Å². The number of benzene rings is 4. The van der Waals surface area contributed by atoms with Gasteiger partial charge in [-0.2, -0.15) is 0 Å². The predicted octanol–water partition coefficient (Wildman–Crippen LogP) is 11.2. The molecule has 216 valence electrons. The zero-order valence-electron chi connectivity index (χ0n) is 26.3. The first-order valence-corrected chi connectivity index (χ1v) is 15.4. The third-order valence-corrected chi connectivity index (χ3v) is 8.70. The van der Waals surface area contributed by atoms with Crippen molar-refractivity contribution in [3.63, 3.8) is 0 Å². The van der Waals surface area contributed by atoms with Gasteiger partial charge in [0, 0.05) is 5.41 Å². The zero-order valence-corrected chi connectivity index (χ0v) is 26.3. The molecule has 0 fully saturated rings. The Bertz CT molecular complexity index is 1670. The van der Waals surface area contributed by atoms with Crippen LogP contribution >= 0.6 is 0 Å². The van der Waals surface area contributed by atoms with E-state index in [9.17, 15) is 0 Å². The van der Waals surface area contributed by atoms with Crippen molar-refractivity contribution in [2.24, 2.45) is 4.99 Å². The molecule has 0 N–H and O–H groups in total. The molecule has 0 saturated heterocycles. The molecule has 0 saturated carbocycles. The quantitative estimate of drug-likeness (QED) is 0.180. The van der Waals surface area contributed by atoms with Crippen LogP contribution in [0.25, 0.3) is 11.1 Å². The largest absolute Gasteiger partial charge is 0.280 e. The Morgan fingerprint density at radius 1 is 0.744 bits per heavy atom. The Kier molecular flexibility index (Phi) is 9.52. The minimum absolute atomic E-state index is 0.107. The molecule has 0 radical (unpaired) electrons. The Labute approximate surface area is 258 Å². The second-order valence-corrected chi connectivity index (χ2v) is 12.0. The number of hydrogen-bond acceptors (Lipinski definition) is 1. The number of hydrogen-bond donors (Lipinski definition) is 0. The van der Waals surface area contributed by atoms with E-state index in [-0.39, 0.29) is 5.41 Å². The average molecular weight is 562 g/mol. The van der Waals surface area contributed by atoms with E-state index >= 15 is 0 Å². The number of allylic oxidation sites excluding steroid dienone is 8. The van der Waals surface area contributed by atoms with Gasteiger partial charge in [-0.15, -0.1) is 0 Å². The van der Waals surface area contributed by atoms with Gasteiger partial charge in [-0.05, 0) is 95.4 Å². The molecule has 4 aromatic rings. The summed E-state index contributed by atoms with van der Waals surface area (Å²) in [5.74, 6) is 0. The van der Waals surface area contributed by atoms with Gasteiger partial charge in [0.15, 0.2) is 0 Å². The molecule has 0 spiro atoms. The molecule has 4 aromatic carbocycles. The Balaban J connectivity index is 1.35. The maximum atomic E-state index is 5.08. The minimum Gasteiger partial charge on any atom is -0.280 e. The molecule has 0 amide bonds. The molecule has 0 bridgehead atoms. The molecule has 0 heterocycles. The maximum Gasteiger partial charge on any atom is 0.0653 e. The van der Waals surface area contributed by atoms with Gasteiger partial charge in [-0.3, -0.25) is 4.99 Å². The summed E-state index contributed by atoms with van der Waals surface area (Å²) in [6.07, 6.45) is 11.2. The second-order valence-electron chi connectivity index (χ2n) is 12.0. The fraction of sp³-hybridized carbons (Fsp3) is 0.214. The summed E-state index contributed by atoms with van der Waals surface area (Å²) in [6.45, 7) is 11.8. The molecule has 1 heteroatoms. The van der Waals surface area contributed by atoms with E-state index in [0.717, 1.165) is 24.1 Å². The van der Waals surface area contributed by atoms with Gasteiger partial charge >= 0.3 is 0 Å². The molecular formula is C42H43N. The van der Waals surface area contributed by atoms with Crippen LogP contribution in [0.3, 0.4) is 0 Å². The molecule has 43 heavy (non-hydrogen) atoms. The summed E-state index contributed by atoms with van der Waals surface area (Å²) < 4.78 is 0. The summed E-state index contributed by atoms with van der Waals surface area (Å²) in [5, 5.41) is 0. The Hall–Kier alpha value is -4.49. The van der Waals surface area contributed by atoms with Gasteiger partial charge in [0.1, 0.15) is 0 Å². The van der Waals surface area contributed by atoms with Crippen LogP contribution in [0.5, 0.6) is 0 Å². The highest BCUT2D eigenvalue weighted by molar-refractivity contribution is 6.12. The summed E-state index contributed by atoms with van der Waals surface area (Å²) in [7, 11) is 0. The van der Waals surface area contributed by atoms with E-state index in [1.165, 1.54) is 50.1 Å². The van der Waals surface area contributed by atoms with Gasteiger partial charge in [0.2, 0.25) is 0 Å². The highest BCUT2D eigenvalue weighted by atomic mass is 14.7. The fourth-order valence-corrected chi connectivity index (χ4v) is 5.90. The van der Waals surface area contributed by atoms with Crippen LogP contribution in [0.2, 0.25) is 0 Å². The first kappa shape index (κ1) is 30.0. The molecule has 0 unspecified atom stereocenters. The molecule has 0 aromatic heterocycles. The van der Waals surface area contributed by atoms with Crippen molar-refractivity contribution < 1.29 is 0 Å². The van der Waals surface area contributed by atoms with Gasteiger partial charge < -0.3 is 0 Å². The van der Waals surface area contributed by atoms with Gasteiger partial charge in [-0.25, -0.2) is 0 Å². The highest BCUT2D eigenvalue weighted by Crippen LogP contribution is 2.35. The number of nitrogens with zero attached hydrogens (tertiary/aromatic N) is 1. The van der Waals surface area contributed by atoms with Crippen LogP contribution in [0.1, 0.15) is 80.8 Å². The first-order chi connectivity index (χ1) is 20.9. The van der Waals surface area contributed by atoms with Crippen LogP contribution in [0.15, 0.2) is 150 Å². The lowest BCUT2D eigenvalue weighted by Crippen LogP contribution is -2.18. The molecule has 1 aliphatic carbocycles. The van der Waals surface area contributed by atoms with Crippen molar-refractivity contribution in [2.45, 2.75) is 59.4 Å². The normalized spacial score (nSPS) is 14.8. The summed E-state index contributed by atoms with van der Waals surface area (Å²) >= 11 is 0. The van der Waals surface area contributed by atoms with Crippen molar-refractivity contribution >= 4 is 16.9 Å². The number of rotatable bonds is 9. The van der Waals surface area contributed by atoms with E-state index in [4.69, 9.17) is 4.99 Å². The van der Waals surface area contributed by atoms with E-state index in [0.29, 0.717) is 6.54 Å². The lowest BCUT2D eigenvalue weighted by molar-refractivity contribution is 0.640. The van der Waals surface area contributed by atoms with Crippen molar-refractivity contribution in [1.82, 2.24) is 0 Å².